The van der Waals surface area contributed by atoms with Crippen molar-refractivity contribution >= 4 is 7.85 Å². The highest BCUT2D eigenvalue weighted by Gasteiger charge is 1.87. The Kier molecular flexibility index (Phi) is 2.19. The summed E-state index contributed by atoms with van der Waals surface area (Å²) in [5, 5.41) is 7.57. The number of alkyl halides is 1. The molecule has 1 atom stereocenters. The Labute approximate surface area is 31.2 Å². The van der Waals surface area contributed by atoms with Crippen molar-refractivity contribution in [2.75, 3.05) is 0 Å². The molecule has 0 rings (SSSR count). The maximum atomic E-state index is 10.9. The molecule has 0 aliphatic rings. The normalized spacial score (nSPS) is 14.8. The fourth-order valence-electron chi connectivity index (χ4n) is 0. The van der Waals surface area contributed by atoms with Gasteiger partial charge in [-0.25, -0.2) is 4.39 Å². The zero-order valence-corrected chi connectivity index (χ0v) is 2.69. The van der Waals surface area contributed by atoms with Gasteiger partial charge in [-0.05, 0) is 6.32 Å². The van der Waals surface area contributed by atoms with Crippen molar-refractivity contribution in [3.63, 3.8) is 0 Å². The van der Waals surface area contributed by atoms with Crippen molar-refractivity contribution in [1.82, 2.24) is 0 Å². The third-order valence-corrected chi connectivity index (χ3v) is 0.194. The molecule has 0 aromatic rings. The highest BCUT2D eigenvalue weighted by Crippen LogP contribution is 1.83. The van der Waals surface area contributed by atoms with Crippen molar-refractivity contribution in [2.45, 2.75) is 12.7 Å². The highest BCUT2D eigenvalue weighted by atomic mass is 19.1. The van der Waals surface area contributed by atoms with Gasteiger partial charge in [0.15, 0.2) is 6.36 Å². The summed E-state index contributed by atoms with van der Waals surface area (Å²) in [6, 6.07) is 0. The second-order valence-electron chi connectivity index (χ2n) is 0.670. The van der Waals surface area contributed by atoms with Crippen molar-refractivity contribution < 1.29 is 9.50 Å². The SMILES string of the molecule is [B]C[C@@H](O)F. The first-order valence-electron chi connectivity index (χ1n) is 1.29. The Morgan fingerprint density at radius 1 is 2.00 bits per heavy atom. The maximum Gasteiger partial charge on any atom is 0.188 e. The Balaban J connectivity index is 2.54. The quantitative estimate of drug-likeness (QED) is 0.429. The van der Waals surface area contributed by atoms with Gasteiger partial charge in [0.25, 0.3) is 0 Å². The molecule has 1 nitrogen and oxygen atoms in total. The van der Waals surface area contributed by atoms with Gasteiger partial charge in [0.2, 0.25) is 0 Å². The van der Waals surface area contributed by atoms with Crippen molar-refractivity contribution in [1.29, 1.82) is 0 Å². The number of halogens is 1. The lowest BCUT2D eigenvalue weighted by molar-refractivity contribution is 0.0613. The van der Waals surface area contributed by atoms with Crippen LogP contribution in [0.1, 0.15) is 0 Å². The summed E-state index contributed by atoms with van der Waals surface area (Å²) in [6.45, 7) is 0. The number of aliphatic hydroxyl groups excluding tert-OH is 1. The predicted octanol–water partition coefficient (Wildman–Crippen LogP) is -0.139. The van der Waals surface area contributed by atoms with Gasteiger partial charge in [-0.1, -0.05) is 0 Å². The summed E-state index contributed by atoms with van der Waals surface area (Å²) in [4.78, 5) is 0. The van der Waals surface area contributed by atoms with E-state index in [4.69, 9.17) is 5.11 Å². The molecule has 0 fully saturated rings. The van der Waals surface area contributed by atoms with Gasteiger partial charge in [0, 0.05) is 0 Å². The first-order valence-corrected chi connectivity index (χ1v) is 1.29. The summed E-state index contributed by atoms with van der Waals surface area (Å²) in [5.41, 5.74) is 0. The number of hydrogen-bond donors (Lipinski definition) is 1. The predicted molar refractivity (Wildman–Crippen MR) is 17.7 cm³/mol. The number of aliphatic hydroxyl groups is 1. The van der Waals surface area contributed by atoms with Crippen LogP contribution in [0.15, 0.2) is 0 Å². The molecule has 0 amide bonds. The molecule has 0 bridgehead atoms. The molecular formula is C2H4BFO. The summed E-state index contributed by atoms with van der Waals surface area (Å²) in [7, 11) is 4.55. The minimum Gasteiger partial charge on any atom is -0.365 e. The molecule has 5 heavy (non-hydrogen) atoms. The van der Waals surface area contributed by atoms with Crippen LogP contribution in [-0.4, -0.2) is 19.3 Å². The standard InChI is InChI=1S/C2H4BFO/c3-1-2(4)5/h2,5H,1H2/t2-/m1/s1. The largest absolute Gasteiger partial charge is 0.365 e. The van der Waals surface area contributed by atoms with Crippen LogP contribution in [-0.2, 0) is 0 Å². The van der Waals surface area contributed by atoms with E-state index in [1.807, 2.05) is 0 Å². The van der Waals surface area contributed by atoms with Crippen molar-refractivity contribution in [3.05, 3.63) is 0 Å². The van der Waals surface area contributed by atoms with Crippen LogP contribution in [0.5, 0.6) is 0 Å². The molecule has 0 aromatic heterocycles. The van der Waals surface area contributed by atoms with E-state index in [-0.39, 0.29) is 6.32 Å². The van der Waals surface area contributed by atoms with E-state index >= 15 is 0 Å². The molecular weight excluding hydrogens is 69.8 g/mol. The number of rotatable bonds is 1. The lowest BCUT2D eigenvalue weighted by Crippen LogP contribution is -1.92. The van der Waals surface area contributed by atoms with Crippen LogP contribution in [0.4, 0.5) is 4.39 Å². The summed E-state index contributed by atoms with van der Waals surface area (Å²) < 4.78 is 10.9. The second kappa shape index (κ2) is 2.21. The van der Waals surface area contributed by atoms with E-state index in [1.54, 1.807) is 0 Å². The van der Waals surface area contributed by atoms with Gasteiger partial charge in [-0.3, -0.25) is 0 Å². The topological polar surface area (TPSA) is 20.2 Å². The number of hydrogen-bond acceptors (Lipinski definition) is 1. The first-order chi connectivity index (χ1) is 2.27. The van der Waals surface area contributed by atoms with Crippen LogP contribution >= 0.6 is 0 Å². The zero-order chi connectivity index (χ0) is 4.28. The van der Waals surface area contributed by atoms with Gasteiger partial charge in [0.05, 0.1) is 7.85 Å². The third-order valence-electron chi connectivity index (χ3n) is 0.194. The lowest BCUT2D eigenvalue weighted by Gasteiger charge is -1.86. The van der Waals surface area contributed by atoms with Crippen LogP contribution in [0.2, 0.25) is 6.32 Å². The molecule has 0 aromatic carbocycles. The Hall–Kier alpha value is -0.0451. The van der Waals surface area contributed by atoms with Crippen LogP contribution < -0.4 is 0 Å². The van der Waals surface area contributed by atoms with Crippen molar-refractivity contribution in [3.8, 4) is 0 Å². The fraction of sp³-hybridized carbons (Fsp3) is 1.00. The monoisotopic (exact) mass is 74.0 g/mol. The smallest absolute Gasteiger partial charge is 0.188 e. The van der Waals surface area contributed by atoms with Gasteiger partial charge in [-0.2, -0.15) is 0 Å². The van der Waals surface area contributed by atoms with Gasteiger partial charge < -0.3 is 5.11 Å². The van der Waals surface area contributed by atoms with Crippen LogP contribution in [0, 0.1) is 0 Å². The minimum atomic E-state index is -1.84. The van der Waals surface area contributed by atoms with E-state index in [0.717, 1.165) is 0 Å². The molecule has 0 aliphatic carbocycles. The summed E-state index contributed by atoms with van der Waals surface area (Å²) >= 11 is 0. The molecule has 28 valence electrons. The second-order valence-corrected chi connectivity index (χ2v) is 0.670. The average Bonchev–Trinajstić information content (AvgIpc) is 1.38. The third kappa shape index (κ3) is 3.95. The highest BCUT2D eigenvalue weighted by molar-refractivity contribution is 6.08. The molecule has 2 radical (unpaired) electrons. The molecule has 1 N–H and O–H groups in total. The Morgan fingerprint density at radius 3 is 2.20 bits per heavy atom. The Bertz CT molecular complexity index is 23.6. The Morgan fingerprint density at radius 2 is 2.20 bits per heavy atom. The molecule has 3 heteroatoms. The molecule has 0 heterocycles. The molecule has 0 spiro atoms. The molecule has 0 aliphatic heterocycles. The molecule has 0 saturated heterocycles. The van der Waals surface area contributed by atoms with E-state index in [9.17, 15) is 4.39 Å². The van der Waals surface area contributed by atoms with E-state index in [2.05, 4.69) is 7.85 Å². The summed E-state index contributed by atoms with van der Waals surface area (Å²) in [6.07, 6.45) is -2.14. The van der Waals surface area contributed by atoms with E-state index in [0.29, 0.717) is 0 Å². The van der Waals surface area contributed by atoms with Gasteiger partial charge in [0.1, 0.15) is 0 Å². The van der Waals surface area contributed by atoms with E-state index < -0.39 is 6.36 Å². The molecule has 0 unspecified atom stereocenters. The average molecular weight is 73.9 g/mol. The fourth-order valence-corrected chi connectivity index (χ4v) is 0. The summed E-state index contributed by atoms with van der Waals surface area (Å²) in [5.74, 6) is 0. The van der Waals surface area contributed by atoms with Crippen molar-refractivity contribution in [2.24, 2.45) is 0 Å². The van der Waals surface area contributed by atoms with Crippen LogP contribution in [0.25, 0.3) is 0 Å². The molecule has 0 saturated carbocycles. The van der Waals surface area contributed by atoms with Gasteiger partial charge >= 0.3 is 0 Å². The van der Waals surface area contributed by atoms with Gasteiger partial charge in [-0.15, -0.1) is 0 Å². The van der Waals surface area contributed by atoms with E-state index in [1.165, 1.54) is 0 Å². The maximum absolute atomic E-state index is 10.9. The zero-order valence-electron chi connectivity index (χ0n) is 2.69. The first kappa shape index (κ1) is 4.95. The minimum absolute atomic E-state index is 0.306. The van der Waals surface area contributed by atoms with Crippen LogP contribution in [0.3, 0.4) is 0 Å². The lowest BCUT2D eigenvalue weighted by atomic mass is 10.1.